The van der Waals surface area contributed by atoms with Gasteiger partial charge < -0.3 is 10.5 Å². The lowest BCUT2D eigenvalue weighted by Crippen LogP contribution is -2.15. The Morgan fingerprint density at radius 3 is 2.33 bits per heavy atom. The van der Waals surface area contributed by atoms with E-state index in [1.807, 2.05) is 30.8 Å². The molecule has 2 atom stereocenters. The first kappa shape index (κ1) is 18.1. The predicted octanol–water partition coefficient (Wildman–Crippen LogP) is 5.63. The highest BCUT2D eigenvalue weighted by atomic mass is 32.2. The van der Waals surface area contributed by atoms with Gasteiger partial charge in [-0.3, -0.25) is 0 Å². The highest BCUT2D eigenvalue weighted by Crippen LogP contribution is 2.55. The van der Waals surface area contributed by atoms with Crippen molar-refractivity contribution >= 4 is 34.1 Å². The van der Waals surface area contributed by atoms with Crippen LogP contribution in [-0.4, -0.2) is 12.6 Å². The first-order valence-corrected chi connectivity index (χ1v) is 10.8. The van der Waals surface area contributed by atoms with E-state index in [0.29, 0.717) is 17.2 Å². The van der Waals surface area contributed by atoms with Crippen molar-refractivity contribution in [3.8, 4) is 0 Å². The molecule has 2 heterocycles. The lowest BCUT2D eigenvalue weighted by Gasteiger charge is -2.30. The summed E-state index contributed by atoms with van der Waals surface area (Å²) in [6.07, 6.45) is 0.787. The minimum absolute atomic E-state index is 0.163. The van der Waals surface area contributed by atoms with Crippen LogP contribution in [0.25, 0.3) is 0 Å². The molecule has 0 saturated carbocycles. The molecule has 0 spiro atoms. The minimum atomic E-state index is -0.307. The molecule has 2 N–H and O–H groups in total. The van der Waals surface area contributed by atoms with E-state index < -0.39 is 0 Å². The number of hydrogen-bond donors (Lipinski definition) is 1. The van der Waals surface area contributed by atoms with Crippen LogP contribution in [0.2, 0.25) is 0 Å². The molecule has 1 aliphatic heterocycles. The van der Waals surface area contributed by atoms with E-state index in [2.05, 4.69) is 48.5 Å². The summed E-state index contributed by atoms with van der Waals surface area (Å²) >= 11 is 3.46. The van der Waals surface area contributed by atoms with Gasteiger partial charge >= 0.3 is 5.97 Å². The number of nitrogens with two attached hydrogens (primary N) is 1. The lowest BCUT2D eigenvalue weighted by atomic mass is 9.97. The summed E-state index contributed by atoms with van der Waals surface area (Å²) in [6.45, 7) is 2.17. The standard InChI is InChI=1S/C22H21NO2S2/c1-2-25-22(24)18-16-13-17(14-9-5-3-6-10-14)26-19(20(16)27-21(18)23)15-11-7-4-8-12-15/h3-12,17,19H,2,13,23H2,1H3/t17-,19-/m0/s1. The summed E-state index contributed by atoms with van der Waals surface area (Å²) in [6, 6.07) is 20.9. The number of ether oxygens (including phenoxy) is 1. The van der Waals surface area contributed by atoms with Gasteiger partial charge in [0.15, 0.2) is 0 Å². The van der Waals surface area contributed by atoms with Crippen molar-refractivity contribution in [3.63, 3.8) is 0 Å². The predicted molar refractivity (Wildman–Crippen MR) is 113 cm³/mol. The summed E-state index contributed by atoms with van der Waals surface area (Å²) < 4.78 is 5.30. The van der Waals surface area contributed by atoms with Crippen LogP contribution in [-0.2, 0) is 11.2 Å². The van der Waals surface area contributed by atoms with Crippen molar-refractivity contribution in [1.29, 1.82) is 0 Å². The molecule has 138 valence electrons. The van der Waals surface area contributed by atoms with Crippen molar-refractivity contribution in [3.05, 3.63) is 87.8 Å². The Morgan fingerprint density at radius 2 is 1.70 bits per heavy atom. The normalized spacial score (nSPS) is 18.7. The van der Waals surface area contributed by atoms with Gasteiger partial charge in [-0.15, -0.1) is 23.1 Å². The Morgan fingerprint density at radius 1 is 1.07 bits per heavy atom. The van der Waals surface area contributed by atoms with Crippen LogP contribution in [0.4, 0.5) is 5.00 Å². The van der Waals surface area contributed by atoms with E-state index >= 15 is 0 Å². The Hall–Kier alpha value is -2.24. The minimum Gasteiger partial charge on any atom is -0.462 e. The van der Waals surface area contributed by atoms with Crippen LogP contribution in [0.3, 0.4) is 0 Å². The fourth-order valence-electron chi connectivity index (χ4n) is 3.53. The molecule has 0 bridgehead atoms. The second kappa shape index (κ2) is 7.79. The van der Waals surface area contributed by atoms with Crippen molar-refractivity contribution < 1.29 is 9.53 Å². The summed E-state index contributed by atoms with van der Waals surface area (Å²) in [5, 5.41) is 0.996. The molecule has 4 rings (SSSR count). The summed E-state index contributed by atoms with van der Waals surface area (Å²) in [4.78, 5) is 13.8. The van der Waals surface area contributed by atoms with Gasteiger partial charge in [-0.1, -0.05) is 60.7 Å². The van der Waals surface area contributed by atoms with Crippen molar-refractivity contribution in [2.24, 2.45) is 0 Å². The van der Waals surface area contributed by atoms with E-state index in [4.69, 9.17) is 10.5 Å². The fourth-order valence-corrected chi connectivity index (χ4v) is 6.42. The van der Waals surface area contributed by atoms with Crippen LogP contribution in [0.5, 0.6) is 0 Å². The van der Waals surface area contributed by atoms with E-state index in [0.717, 1.165) is 12.0 Å². The molecule has 1 aromatic heterocycles. The van der Waals surface area contributed by atoms with E-state index in [1.54, 1.807) is 0 Å². The van der Waals surface area contributed by atoms with Crippen molar-refractivity contribution in [1.82, 2.24) is 0 Å². The zero-order chi connectivity index (χ0) is 18.8. The molecule has 0 aliphatic carbocycles. The van der Waals surface area contributed by atoms with Crippen LogP contribution in [0.15, 0.2) is 60.7 Å². The van der Waals surface area contributed by atoms with Gasteiger partial charge in [-0.25, -0.2) is 4.79 Å². The molecule has 1 aliphatic rings. The summed E-state index contributed by atoms with van der Waals surface area (Å²) in [7, 11) is 0. The maximum Gasteiger partial charge on any atom is 0.341 e. The average Bonchev–Trinajstić information content (AvgIpc) is 3.04. The first-order chi connectivity index (χ1) is 13.2. The number of thiophene rings is 1. The number of carbonyl (C=O) groups excluding carboxylic acids is 1. The van der Waals surface area contributed by atoms with E-state index in [9.17, 15) is 4.79 Å². The number of carbonyl (C=O) groups is 1. The molecule has 3 nitrogen and oxygen atoms in total. The molecule has 0 radical (unpaired) electrons. The Kier molecular flexibility index (Phi) is 5.23. The zero-order valence-electron chi connectivity index (χ0n) is 15.1. The number of hydrogen-bond acceptors (Lipinski definition) is 5. The van der Waals surface area contributed by atoms with Gasteiger partial charge in [0, 0.05) is 10.1 Å². The molecule has 3 aromatic rings. The van der Waals surface area contributed by atoms with Gasteiger partial charge in [-0.05, 0) is 30.0 Å². The molecule has 0 fully saturated rings. The molecule has 0 unspecified atom stereocenters. The molecule has 27 heavy (non-hydrogen) atoms. The van der Waals surface area contributed by atoms with Crippen LogP contribution < -0.4 is 5.73 Å². The second-order valence-corrected chi connectivity index (χ2v) is 8.83. The van der Waals surface area contributed by atoms with Crippen LogP contribution >= 0.6 is 23.1 Å². The van der Waals surface area contributed by atoms with Crippen molar-refractivity contribution in [2.45, 2.75) is 23.8 Å². The monoisotopic (exact) mass is 395 g/mol. The molecule has 0 amide bonds. The number of rotatable bonds is 4. The molecular weight excluding hydrogens is 374 g/mol. The smallest absolute Gasteiger partial charge is 0.341 e. The molecular formula is C22H21NO2S2. The van der Waals surface area contributed by atoms with Crippen LogP contribution in [0.1, 0.15) is 49.3 Å². The third kappa shape index (κ3) is 3.49. The van der Waals surface area contributed by atoms with Gasteiger partial charge in [0.25, 0.3) is 0 Å². The Balaban J connectivity index is 1.83. The lowest BCUT2D eigenvalue weighted by molar-refractivity contribution is 0.0527. The molecule has 0 saturated heterocycles. The number of fused-ring (bicyclic) bond motifs is 1. The van der Waals surface area contributed by atoms with E-state index in [1.165, 1.54) is 27.3 Å². The summed E-state index contributed by atoms with van der Waals surface area (Å²) in [5.41, 5.74) is 10.4. The van der Waals surface area contributed by atoms with Crippen molar-refractivity contribution in [2.75, 3.05) is 12.3 Å². The SMILES string of the molecule is CCOC(=O)c1c(N)sc2c1C[C@@H](c1ccccc1)S[C@H]2c1ccccc1. The second-order valence-electron chi connectivity index (χ2n) is 6.43. The van der Waals surface area contributed by atoms with Gasteiger partial charge in [0.1, 0.15) is 5.00 Å². The topological polar surface area (TPSA) is 52.3 Å². The average molecular weight is 396 g/mol. The summed E-state index contributed by atoms with van der Waals surface area (Å²) in [5.74, 6) is -0.307. The van der Waals surface area contributed by atoms with Crippen LogP contribution in [0, 0.1) is 0 Å². The van der Waals surface area contributed by atoms with E-state index in [-0.39, 0.29) is 16.5 Å². The number of esters is 1. The number of anilines is 1. The maximum absolute atomic E-state index is 12.6. The Labute approximate surface area is 167 Å². The first-order valence-electron chi connectivity index (χ1n) is 9.02. The third-order valence-electron chi connectivity index (χ3n) is 4.75. The number of thioether (sulfide) groups is 1. The zero-order valence-corrected chi connectivity index (χ0v) is 16.7. The number of nitrogen functional groups attached to an aromatic ring is 1. The highest BCUT2D eigenvalue weighted by molar-refractivity contribution is 8.00. The maximum atomic E-state index is 12.6. The van der Waals surface area contributed by atoms with Gasteiger partial charge in [-0.2, -0.15) is 0 Å². The molecule has 2 aromatic carbocycles. The highest BCUT2D eigenvalue weighted by Gasteiger charge is 2.36. The fraction of sp³-hybridized carbons (Fsp3) is 0.227. The molecule has 5 heteroatoms. The van der Waals surface area contributed by atoms with Gasteiger partial charge in [0.2, 0.25) is 0 Å². The number of benzene rings is 2. The third-order valence-corrected chi connectivity index (χ3v) is 7.57. The quantitative estimate of drug-likeness (QED) is 0.582. The Bertz CT molecular complexity index is 938. The largest absolute Gasteiger partial charge is 0.462 e. The van der Waals surface area contributed by atoms with Gasteiger partial charge in [0.05, 0.1) is 17.4 Å².